The minimum Gasteiger partial charge on any atom is -0.496 e. The van der Waals surface area contributed by atoms with Gasteiger partial charge in [-0.3, -0.25) is 9.59 Å². The summed E-state index contributed by atoms with van der Waals surface area (Å²) in [7, 11) is 3.32. The molecule has 2 N–H and O–H groups in total. The predicted molar refractivity (Wildman–Crippen MR) is 116 cm³/mol. The van der Waals surface area contributed by atoms with Crippen molar-refractivity contribution in [3.8, 4) is 5.75 Å². The maximum absolute atomic E-state index is 12.4. The van der Waals surface area contributed by atoms with Crippen molar-refractivity contribution in [3.05, 3.63) is 65.5 Å². The molecule has 0 spiro atoms. The highest BCUT2D eigenvalue weighted by molar-refractivity contribution is 7.99. The number of methoxy groups -OCH3 is 1. The van der Waals surface area contributed by atoms with Gasteiger partial charge in [-0.25, -0.2) is 0 Å². The molecule has 3 aromatic rings. The van der Waals surface area contributed by atoms with Gasteiger partial charge in [0.15, 0.2) is 11.0 Å². The van der Waals surface area contributed by atoms with E-state index in [1.54, 1.807) is 35.9 Å². The first-order valence-electron chi connectivity index (χ1n) is 9.27. The Balaban J connectivity index is 1.55. The van der Waals surface area contributed by atoms with Crippen molar-refractivity contribution in [1.29, 1.82) is 0 Å². The van der Waals surface area contributed by atoms with Crippen LogP contribution < -0.4 is 15.4 Å². The summed E-state index contributed by atoms with van der Waals surface area (Å²) in [6, 6.07) is 14.6. The summed E-state index contributed by atoms with van der Waals surface area (Å²) >= 11 is 1.28. The van der Waals surface area contributed by atoms with E-state index in [-0.39, 0.29) is 24.1 Å². The van der Waals surface area contributed by atoms with Crippen molar-refractivity contribution in [2.45, 2.75) is 18.6 Å². The summed E-state index contributed by atoms with van der Waals surface area (Å²) in [4.78, 5) is 24.7. The zero-order valence-electron chi connectivity index (χ0n) is 17.0. The number of aryl methyl sites for hydroxylation is 1. The number of rotatable bonds is 8. The van der Waals surface area contributed by atoms with Gasteiger partial charge in [0.05, 0.1) is 25.0 Å². The number of para-hydroxylation sites is 2. The molecule has 8 nitrogen and oxygen atoms in total. The quantitative estimate of drug-likeness (QED) is 0.539. The van der Waals surface area contributed by atoms with Crippen LogP contribution in [-0.2, 0) is 18.4 Å². The van der Waals surface area contributed by atoms with Crippen molar-refractivity contribution in [3.63, 3.8) is 0 Å². The molecule has 1 heterocycles. The van der Waals surface area contributed by atoms with Gasteiger partial charge in [0.1, 0.15) is 5.75 Å². The monoisotopic (exact) mass is 425 g/mol. The highest BCUT2D eigenvalue weighted by Gasteiger charge is 2.15. The summed E-state index contributed by atoms with van der Waals surface area (Å²) in [5, 5.41) is 14.5. The maximum Gasteiger partial charge on any atom is 0.255 e. The molecule has 30 heavy (non-hydrogen) atoms. The van der Waals surface area contributed by atoms with Gasteiger partial charge in [0, 0.05) is 12.7 Å². The number of hydrogen-bond acceptors (Lipinski definition) is 6. The predicted octanol–water partition coefficient (Wildman–Crippen LogP) is 2.79. The molecule has 0 saturated carbocycles. The zero-order chi connectivity index (χ0) is 21.5. The second-order valence-corrected chi connectivity index (χ2v) is 7.44. The molecule has 0 fully saturated rings. The fourth-order valence-electron chi connectivity index (χ4n) is 2.74. The molecule has 0 aliphatic rings. The smallest absolute Gasteiger partial charge is 0.255 e. The first-order chi connectivity index (χ1) is 14.5. The summed E-state index contributed by atoms with van der Waals surface area (Å²) in [6.07, 6.45) is 0. The molecule has 3 rings (SSSR count). The van der Waals surface area contributed by atoms with Gasteiger partial charge in [-0.1, -0.05) is 42.1 Å². The maximum atomic E-state index is 12.4. The second-order valence-electron chi connectivity index (χ2n) is 6.49. The number of hydrogen-bond donors (Lipinski definition) is 2. The Hall–Kier alpha value is -3.33. The number of nitrogens with zero attached hydrogens (tertiary/aromatic N) is 3. The van der Waals surface area contributed by atoms with Crippen LogP contribution >= 0.6 is 11.8 Å². The Kier molecular flexibility index (Phi) is 7.08. The van der Waals surface area contributed by atoms with Crippen LogP contribution in [0.1, 0.15) is 21.7 Å². The van der Waals surface area contributed by atoms with Crippen LogP contribution in [0, 0.1) is 6.92 Å². The number of carbonyl (C=O) groups excluding carboxylic acids is 2. The zero-order valence-corrected chi connectivity index (χ0v) is 17.8. The average molecular weight is 426 g/mol. The van der Waals surface area contributed by atoms with E-state index in [0.29, 0.717) is 22.3 Å². The number of nitrogens with one attached hydrogen (secondary N) is 2. The standard InChI is InChI=1S/C21H23N5O3S/c1-14-8-4-6-10-16(14)23-19(27)13-30-21-25-24-18(26(21)2)12-22-20(28)15-9-5-7-11-17(15)29-3/h4-11H,12-13H2,1-3H3,(H,22,28)(H,23,27). The lowest BCUT2D eigenvalue weighted by Crippen LogP contribution is -2.25. The minimum atomic E-state index is -0.262. The van der Waals surface area contributed by atoms with E-state index in [1.807, 2.05) is 31.2 Å². The van der Waals surface area contributed by atoms with Gasteiger partial charge in [0.25, 0.3) is 5.91 Å². The molecular weight excluding hydrogens is 402 g/mol. The SMILES string of the molecule is COc1ccccc1C(=O)NCc1nnc(SCC(=O)Nc2ccccc2C)n1C. The van der Waals surface area contributed by atoms with Gasteiger partial charge < -0.3 is 19.9 Å². The van der Waals surface area contributed by atoms with Crippen LogP contribution in [0.2, 0.25) is 0 Å². The van der Waals surface area contributed by atoms with E-state index >= 15 is 0 Å². The fourth-order valence-corrected chi connectivity index (χ4v) is 3.47. The summed E-state index contributed by atoms with van der Waals surface area (Å²) < 4.78 is 6.97. The van der Waals surface area contributed by atoms with Crippen molar-refractivity contribution in [2.75, 3.05) is 18.2 Å². The molecule has 0 unspecified atom stereocenters. The van der Waals surface area contributed by atoms with Gasteiger partial charge in [-0.05, 0) is 30.7 Å². The molecule has 0 radical (unpaired) electrons. The van der Waals surface area contributed by atoms with Crippen molar-refractivity contribution >= 4 is 29.3 Å². The number of ether oxygens (including phenoxy) is 1. The molecule has 0 aliphatic heterocycles. The van der Waals surface area contributed by atoms with Gasteiger partial charge in [-0.2, -0.15) is 0 Å². The number of carbonyl (C=O) groups is 2. The Morgan fingerprint density at radius 2 is 1.83 bits per heavy atom. The fraction of sp³-hybridized carbons (Fsp3) is 0.238. The molecule has 0 aliphatic carbocycles. The van der Waals surface area contributed by atoms with Crippen molar-refractivity contribution < 1.29 is 14.3 Å². The molecule has 2 amide bonds. The van der Waals surface area contributed by atoms with Crippen LogP contribution in [0.25, 0.3) is 0 Å². The molecule has 2 aromatic carbocycles. The van der Waals surface area contributed by atoms with Gasteiger partial charge in [0.2, 0.25) is 5.91 Å². The topological polar surface area (TPSA) is 98.1 Å². The Bertz CT molecular complexity index is 1050. The van der Waals surface area contributed by atoms with E-state index in [0.717, 1.165) is 11.3 Å². The third kappa shape index (κ3) is 5.18. The third-order valence-corrected chi connectivity index (χ3v) is 5.46. The number of benzene rings is 2. The molecule has 0 atom stereocenters. The summed E-state index contributed by atoms with van der Waals surface area (Å²) in [5.74, 6) is 0.906. The second kappa shape index (κ2) is 9.93. The Labute approximate surface area is 179 Å². The number of amides is 2. The Morgan fingerprint density at radius 1 is 1.10 bits per heavy atom. The molecule has 0 saturated heterocycles. The minimum absolute atomic E-state index is 0.122. The lowest BCUT2D eigenvalue weighted by molar-refractivity contribution is -0.113. The molecule has 1 aromatic heterocycles. The van der Waals surface area contributed by atoms with E-state index < -0.39 is 0 Å². The van der Waals surface area contributed by atoms with E-state index in [4.69, 9.17) is 4.74 Å². The van der Waals surface area contributed by atoms with Crippen molar-refractivity contribution in [1.82, 2.24) is 20.1 Å². The summed E-state index contributed by atoms with van der Waals surface area (Å²) in [6.45, 7) is 2.15. The van der Waals surface area contributed by atoms with Crippen LogP contribution in [0.4, 0.5) is 5.69 Å². The molecule has 9 heteroatoms. The molecular formula is C21H23N5O3S. The van der Waals surface area contributed by atoms with Crippen LogP contribution in [0.3, 0.4) is 0 Å². The van der Waals surface area contributed by atoms with Gasteiger partial charge in [-0.15, -0.1) is 10.2 Å². The lowest BCUT2D eigenvalue weighted by Gasteiger charge is -2.09. The highest BCUT2D eigenvalue weighted by atomic mass is 32.2. The van der Waals surface area contributed by atoms with Crippen LogP contribution in [0.15, 0.2) is 53.7 Å². The Morgan fingerprint density at radius 3 is 2.60 bits per heavy atom. The van der Waals surface area contributed by atoms with E-state index in [2.05, 4.69) is 20.8 Å². The van der Waals surface area contributed by atoms with Crippen molar-refractivity contribution in [2.24, 2.45) is 7.05 Å². The average Bonchev–Trinajstić information content (AvgIpc) is 3.11. The van der Waals surface area contributed by atoms with Crippen LogP contribution in [-0.4, -0.2) is 39.4 Å². The number of anilines is 1. The highest BCUT2D eigenvalue weighted by Crippen LogP contribution is 2.19. The first kappa shape index (κ1) is 21.4. The number of aromatic nitrogens is 3. The lowest BCUT2D eigenvalue weighted by atomic mass is 10.2. The summed E-state index contributed by atoms with van der Waals surface area (Å²) in [5.41, 5.74) is 2.24. The van der Waals surface area contributed by atoms with Crippen LogP contribution in [0.5, 0.6) is 5.75 Å². The molecule has 0 bridgehead atoms. The van der Waals surface area contributed by atoms with E-state index in [1.165, 1.54) is 18.9 Å². The first-order valence-corrected chi connectivity index (χ1v) is 10.3. The largest absolute Gasteiger partial charge is 0.496 e. The third-order valence-electron chi connectivity index (χ3n) is 4.44. The molecule has 156 valence electrons. The normalized spacial score (nSPS) is 10.5. The van der Waals surface area contributed by atoms with Gasteiger partial charge >= 0.3 is 0 Å². The number of thioether (sulfide) groups is 1. The van der Waals surface area contributed by atoms with E-state index in [9.17, 15) is 9.59 Å².